The van der Waals surface area contributed by atoms with E-state index in [2.05, 4.69) is 27.2 Å². The zero-order valence-corrected chi connectivity index (χ0v) is 16.4. The predicted molar refractivity (Wildman–Crippen MR) is 115 cm³/mol. The Balaban J connectivity index is 1.76. The molecule has 29 heavy (non-hydrogen) atoms. The predicted octanol–water partition coefficient (Wildman–Crippen LogP) is 3.72. The normalized spacial score (nSPS) is 10.2. The maximum Gasteiger partial charge on any atom is 0.270 e. The number of amides is 1. The van der Waals surface area contributed by atoms with Gasteiger partial charge >= 0.3 is 0 Å². The van der Waals surface area contributed by atoms with E-state index in [4.69, 9.17) is 4.74 Å². The first-order valence-electron chi connectivity index (χ1n) is 9.40. The van der Waals surface area contributed by atoms with Gasteiger partial charge in [0, 0.05) is 24.7 Å². The first-order valence-corrected chi connectivity index (χ1v) is 9.40. The molecule has 0 saturated heterocycles. The third-order valence-electron chi connectivity index (χ3n) is 4.28. The van der Waals surface area contributed by atoms with Crippen LogP contribution in [0, 0.1) is 0 Å². The van der Waals surface area contributed by atoms with E-state index in [9.17, 15) is 4.79 Å². The van der Waals surface area contributed by atoms with Gasteiger partial charge in [-0.15, -0.1) is 6.58 Å². The molecule has 0 unspecified atom stereocenters. The zero-order valence-electron chi connectivity index (χ0n) is 16.4. The molecule has 148 valence electrons. The molecule has 0 atom stereocenters. The van der Waals surface area contributed by atoms with E-state index in [1.807, 2.05) is 54.6 Å². The second kappa shape index (κ2) is 10.0. The van der Waals surface area contributed by atoms with E-state index in [1.54, 1.807) is 19.3 Å². The number of hydrogen-bond donors (Lipinski definition) is 2. The number of benzene rings is 2. The van der Waals surface area contributed by atoms with Crippen LogP contribution in [0.4, 0.5) is 5.82 Å². The number of methoxy groups -OCH3 is 1. The first-order chi connectivity index (χ1) is 14.2. The lowest BCUT2D eigenvalue weighted by Crippen LogP contribution is -2.25. The molecular formula is C23H24N4O2. The highest BCUT2D eigenvalue weighted by atomic mass is 16.5. The van der Waals surface area contributed by atoms with Gasteiger partial charge < -0.3 is 15.4 Å². The lowest BCUT2D eigenvalue weighted by molar-refractivity contribution is 0.0953. The van der Waals surface area contributed by atoms with Crippen LogP contribution in [-0.2, 0) is 6.42 Å². The van der Waals surface area contributed by atoms with Crippen LogP contribution < -0.4 is 15.4 Å². The van der Waals surface area contributed by atoms with Crippen LogP contribution in [0.5, 0.6) is 5.75 Å². The Bertz CT molecular complexity index is 956. The lowest BCUT2D eigenvalue weighted by atomic mass is 10.1. The number of rotatable bonds is 9. The zero-order chi connectivity index (χ0) is 20.5. The van der Waals surface area contributed by atoms with Crippen molar-refractivity contribution in [3.63, 3.8) is 0 Å². The van der Waals surface area contributed by atoms with E-state index in [-0.39, 0.29) is 5.91 Å². The molecule has 0 radical (unpaired) electrons. The smallest absolute Gasteiger partial charge is 0.270 e. The molecule has 2 aromatic carbocycles. The number of nitrogens with zero attached hydrogens (tertiary/aromatic N) is 2. The van der Waals surface area contributed by atoms with Crippen molar-refractivity contribution in [2.45, 2.75) is 6.42 Å². The minimum atomic E-state index is -0.261. The Labute approximate surface area is 170 Å². The molecule has 0 saturated carbocycles. The van der Waals surface area contributed by atoms with Crippen molar-refractivity contribution in [3.05, 3.63) is 84.6 Å². The summed E-state index contributed by atoms with van der Waals surface area (Å²) in [7, 11) is 1.65. The van der Waals surface area contributed by atoms with Gasteiger partial charge in [-0.2, -0.15) is 0 Å². The standard InChI is InChI=1S/C23H24N4O2/c1-3-14-25-23(28)20-16-21(27-22(26-20)18-7-5-4-6-8-18)24-15-13-17-9-11-19(29-2)12-10-17/h3-12,16H,1,13-15H2,2H3,(H,25,28)(H,24,26,27). The monoisotopic (exact) mass is 388 g/mol. The number of ether oxygens (including phenoxy) is 1. The Morgan fingerprint density at radius 3 is 2.55 bits per heavy atom. The van der Waals surface area contributed by atoms with E-state index >= 15 is 0 Å². The van der Waals surface area contributed by atoms with Gasteiger partial charge in [0.05, 0.1) is 7.11 Å². The van der Waals surface area contributed by atoms with Crippen molar-refractivity contribution >= 4 is 11.7 Å². The Morgan fingerprint density at radius 2 is 1.86 bits per heavy atom. The minimum absolute atomic E-state index is 0.261. The van der Waals surface area contributed by atoms with Gasteiger partial charge in [0.15, 0.2) is 5.82 Å². The summed E-state index contributed by atoms with van der Waals surface area (Å²) in [6.07, 6.45) is 2.44. The topological polar surface area (TPSA) is 76.1 Å². The quantitative estimate of drug-likeness (QED) is 0.547. The summed E-state index contributed by atoms with van der Waals surface area (Å²) in [4.78, 5) is 21.4. The van der Waals surface area contributed by atoms with Gasteiger partial charge in [-0.05, 0) is 24.1 Å². The summed E-state index contributed by atoms with van der Waals surface area (Å²) in [5.74, 6) is 1.68. The fourth-order valence-electron chi connectivity index (χ4n) is 2.75. The summed E-state index contributed by atoms with van der Waals surface area (Å²) < 4.78 is 5.19. The number of nitrogens with one attached hydrogen (secondary N) is 2. The fraction of sp³-hybridized carbons (Fsp3) is 0.174. The number of carbonyl (C=O) groups excluding carboxylic acids is 1. The second-order valence-electron chi connectivity index (χ2n) is 6.35. The van der Waals surface area contributed by atoms with Crippen LogP contribution in [0.2, 0.25) is 0 Å². The Kier molecular flexibility index (Phi) is 6.95. The molecule has 0 aliphatic carbocycles. The number of anilines is 1. The van der Waals surface area contributed by atoms with Crippen molar-refractivity contribution in [3.8, 4) is 17.1 Å². The highest BCUT2D eigenvalue weighted by Gasteiger charge is 2.12. The number of carbonyl (C=O) groups is 1. The summed E-state index contributed by atoms with van der Waals surface area (Å²) in [6.45, 7) is 4.67. The first kappa shape index (κ1) is 20.1. The van der Waals surface area contributed by atoms with Crippen molar-refractivity contribution in [1.82, 2.24) is 15.3 Å². The minimum Gasteiger partial charge on any atom is -0.497 e. The van der Waals surface area contributed by atoms with Crippen molar-refractivity contribution in [2.24, 2.45) is 0 Å². The van der Waals surface area contributed by atoms with Gasteiger partial charge in [-0.3, -0.25) is 4.79 Å². The summed E-state index contributed by atoms with van der Waals surface area (Å²) in [6, 6.07) is 19.2. The Morgan fingerprint density at radius 1 is 1.10 bits per heavy atom. The highest BCUT2D eigenvalue weighted by molar-refractivity contribution is 5.93. The molecule has 2 N–H and O–H groups in total. The van der Waals surface area contributed by atoms with E-state index in [1.165, 1.54) is 5.56 Å². The SMILES string of the molecule is C=CCNC(=O)c1cc(NCCc2ccc(OC)cc2)nc(-c2ccccc2)n1. The van der Waals surface area contributed by atoms with Crippen LogP contribution >= 0.6 is 0 Å². The van der Waals surface area contributed by atoms with Crippen molar-refractivity contribution in [2.75, 3.05) is 25.5 Å². The van der Waals surface area contributed by atoms with Gasteiger partial charge in [0.1, 0.15) is 17.3 Å². The maximum atomic E-state index is 12.4. The van der Waals surface area contributed by atoms with Crippen LogP contribution in [0.15, 0.2) is 73.3 Å². The number of hydrogen-bond acceptors (Lipinski definition) is 5. The molecule has 0 spiro atoms. The lowest BCUT2D eigenvalue weighted by Gasteiger charge is -2.10. The molecule has 1 aromatic heterocycles. The van der Waals surface area contributed by atoms with Gasteiger partial charge in [-0.25, -0.2) is 9.97 Å². The van der Waals surface area contributed by atoms with Gasteiger partial charge in [-0.1, -0.05) is 48.5 Å². The summed E-state index contributed by atoms with van der Waals surface area (Å²) in [5.41, 5.74) is 2.34. The average Bonchev–Trinajstić information content (AvgIpc) is 2.78. The van der Waals surface area contributed by atoms with Crippen molar-refractivity contribution in [1.29, 1.82) is 0 Å². The Hall–Kier alpha value is -3.67. The van der Waals surface area contributed by atoms with E-state index in [0.29, 0.717) is 30.4 Å². The van der Waals surface area contributed by atoms with Gasteiger partial charge in [0.25, 0.3) is 5.91 Å². The molecule has 6 nitrogen and oxygen atoms in total. The molecule has 6 heteroatoms. The third-order valence-corrected chi connectivity index (χ3v) is 4.28. The maximum absolute atomic E-state index is 12.4. The molecule has 3 rings (SSSR count). The molecule has 1 amide bonds. The molecule has 0 bridgehead atoms. The number of aromatic nitrogens is 2. The molecule has 0 fully saturated rings. The van der Waals surface area contributed by atoms with E-state index in [0.717, 1.165) is 17.7 Å². The second-order valence-corrected chi connectivity index (χ2v) is 6.35. The van der Waals surface area contributed by atoms with E-state index < -0.39 is 0 Å². The molecule has 3 aromatic rings. The average molecular weight is 388 g/mol. The van der Waals surface area contributed by atoms with Crippen LogP contribution in [-0.4, -0.2) is 36.1 Å². The fourth-order valence-corrected chi connectivity index (χ4v) is 2.75. The largest absolute Gasteiger partial charge is 0.497 e. The molecule has 0 aliphatic heterocycles. The van der Waals surface area contributed by atoms with Crippen molar-refractivity contribution < 1.29 is 9.53 Å². The van der Waals surface area contributed by atoms with Crippen LogP contribution in [0.1, 0.15) is 16.1 Å². The van der Waals surface area contributed by atoms with Gasteiger partial charge in [0.2, 0.25) is 0 Å². The molecular weight excluding hydrogens is 364 g/mol. The molecule has 1 heterocycles. The highest BCUT2D eigenvalue weighted by Crippen LogP contribution is 2.18. The summed E-state index contributed by atoms with van der Waals surface area (Å²) >= 11 is 0. The van der Waals surface area contributed by atoms with Crippen LogP contribution in [0.25, 0.3) is 11.4 Å². The molecule has 0 aliphatic rings. The third kappa shape index (κ3) is 5.65. The van der Waals surface area contributed by atoms with Crippen LogP contribution in [0.3, 0.4) is 0 Å². The summed E-state index contributed by atoms with van der Waals surface area (Å²) in [5, 5.41) is 6.06.